The number of nitrogens with zero attached hydrogens (tertiary/aromatic N) is 2. The van der Waals surface area contributed by atoms with Crippen LogP contribution in [-0.2, 0) is 4.79 Å². The number of carboxylic acid groups (broad SMARTS) is 1. The highest BCUT2D eigenvalue weighted by Gasteiger charge is 2.17. The summed E-state index contributed by atoms with van der Waals surface area (Å²) in [5.41, 5.74) is 1.14. The average molecular weight is 250 g/mol. The molecule has 0 bridgehead atoms. The SMILES string of the molecule is Cc1cc(C(C#N)N(C)CCC(=O)O)ccc1F. The molecule has 0 amide bonds. The van der Waals surface area contributed by atoms with Crippen molar-refractivity contribution in [1.29, 1.82) is 5.26 Å². The highest BCUT2D eigenvalue weighted by atomic mass is 19.1. The van der Waals surface area contributed by atoms with E-state index in [0.29, 0.717) is 11.1 Å². The Morgan fingerprint density at radius 3 is 2.78 bits per heavy atom. The Morgan fingerprint density at radius 2 is 2.28 bits per heavy atom. The first-order chi connectivity index (χ1) is 8.45. The zero-order valence-corrected chi connectivity index (χ0v) is 10.4. The summed E-state index contributed by atoms with van der Waals surface area (Å²) in [4.78, 5) is 12.1. The zero-order valence-electron chi connectivity index (χ0n) is 10.4. The van der Waals surface area contributed by atoms with Gasteiger partial charge in [0.15, 0.2) is 0 Å². The monoisotopic (exact) mass is 250 g/mol. The van der Waals surface area contributed by atoms with Gasteiger partial charge in [0.05, 0.1) is 12.5 Å². The molecule has 0 aliphatic rings. The maximum absolute atomic E-state index is 13.1. The van der Waals surface area contributed by atoms with Crippen LogP contribution in [-0.4, -0.2) is 29.6 Å². The number of aliphatic carboxylic acids is 1. The lowest BCUT2D eigenvalue weighted by Gasteiger charge is -2.22. The molecule has 0 radical (unpaired) electrons. The summed E-state index contributed by atoms with van der Waals surface area (Å²) in [7, 11) is 1.68. The van der Waals surface area contributed by atoms with E-state index in [9.17, 15) is 9.18 Å². The van der Waals surface area contributed by atoms with Crippen molar-refractivity contribution in [3.8, 4) is 6.07 Å². The van der Waals surface area contributed by atoms with E-state index < -0.39 is 12.0 Å². The molecule has 0 aromatic heterocycles. The van der Waals surface area contributed by atoms with E-state index in [-0.39, 0.29) is 18.8 Å². The minimum Gasteiger partial charge on any atom is -0.481 e. The van der Waals surface area contributed by atoms with E-state index in [1.807, 2.05) is 0 Å². The first kappa shape index (κ1) is 14.1. The molecule has 4 nitrogen and oxygen atoms in total. The Morgan fingerprint density at radius 1 is 1.61 bits per heavy atom. The van der Waals surface area contributed by atoms with Gasteiger partial charge in [0.25, 0.3) is 0 Å². The van der Waals surface area contributed by atoms with E-state index in [4.69, 9.17) is 10.4 Å². The van der Waals surface area contributed by atoms with Crippen LogP contribution in [0.25, 0.3) is 0 Å². The second-order valence-corrected chi connectivity index (χ2v) is 4.16. The number of rotatable bonds is 5. The highest BCUT2D eigenvalue weighted by Crippen LogP contribution is 2.21. The maximum Gasteiger partial charge on any atom is 0.304 e. The van der Waals surface area contributed by atoms with Gasteiger partial charge >= 0.3 is 5.97 Å². The largest absolute Gasteiger partial charge is 0.481 e. The fourth-order valence-corrected chi connectivity index (χ4v) is 1.67. The summed E-state index contributed by atoms with van der Waals surface area (Å²) < 4.78 is 13.1. The van der Waals surface area contributed by atoms with Gasteiger partial charge in [0.2, 0.25) is 0 Å². The third kappa shape index (κ3) is 3.54. The smallest absolute Gasteiger partial charge is 0.304 e. The van der Waals surface area contributed by atoms with E-state index in [1.54, 1.807) is 31.0 Å². The lowest BCUT2D eigenvalue weighted by Crippen LogP contribution is -2.26. The highest BCUT2D eigenvalue weighted by molar-refractivity contribution is 5.66. The number of nitriles is 1. The Balaban J connectivity index is 2.85. The molecule has 1 unspecified atom stereocenters. The minimum atomic E-state index is -0.908. The number of carbonyl (C=O) groups is 1. The van der Waals surface area contributed by atoms with Gasteiger partial charge in [-0.1, -0.05) is 12.1 Å². The second kappa shape index (κ2) is 6.12. The molecule has 5 heteroatoms. The molecular formula is C13H15FN2O2. The fourth-order valence-electron chi connectivity index (χ4n) is 1.67. The molecule has 0 aliphatic carbocycles. The van der Waals surface area contributed by atoms with Crippen LogP contribution < -0.4 is 0 Å². The van der Waals surface area contributed by atoms with Crippen LogP contribution in [0.2, 0.25) is 0 Å². The maximum atomic E-state index is 13.1. The summed E-state index contributed by atoms with van der Waals surface area (Å²) in [5, 5.41) is 17.8. The molecule has 1 aromatic carbocycles. The lowest BCUT2D eigenvalue weighted by molar-refractivity contribution is -0.137. The molecular weight excluding hydrogens is 235 g/mol. The van der Waals surface area contributed by atoms with Gasteiger partial charge in [-0.2, -0.15) is 5.26 Å². The molecule has 0 aliphatic heterocycles. The normalized spacial score (nSPS) is 12.2. The molecule has 0 saturated carbocycles. The summed E-state index contributed by atoms with van der Waals surface area (Å²) >= 11 is 0. The molecule has 0 spiro atoms. The summed E-state index contributed by atoms with van der Waals surface area (Å²) in [6, 6.07) is 6.01. The number of hydrogen-bond donors (Lipinski definition) is 1. The molecule has 1 atom stereocenters. The van der Waals surface area contributed by atoms with Gasteiger partial charge in [0.1, 0.15) is 11.9 Å². The first-order valence-electron chi connectivity index (χ1n) is 5.53. The van der Waals surface area contributed by atoms with Gasteiger partial charge in [-0.05, 0) is 31.2 Å². The van der Waals surface area contributed by atoms with Gasteiger partial charge in [0, 0.05) is 6.54 Å². The van der Waals surface area contributed by atoms with Crippen LogP contribution in [0.15, 0.2) is 18.2 Å². The fraction of sp³-hybridized carbons (Fsp3) is 0.385. The third-order valence-corrected chi connectivity index (χ3v) is 2.74. The Hall–Kier alpha value is -1.93. The summed E-state index contributed by atoms with van der Waals surface area (Å²) in [6.45, 7) is 1.90. The molecule has 0 fully saturated rings. The van der Waals surface area contributed by atoms with Crippen molar-refractivity contribution in [2.24, 2.45) is 0 Å². The van der Waals surface area contributed by atoms with Gasteiger partial charge in [-0.3, -0.25) is 9.69 Å². The van der Waals surface area contributed by atoms with Crippen molar-refractivity contribution in [3.63, 3.8) is 0 Å². The van der Waals surface area contributed by atoms with Crippen LogP contribution in [0, 0.1) is 24.1 Å². The lowest BCUT2D eigenvalue weighted by atomic mass is 10.0. The standard InChI is InChI=1S/C13H15FN2O2/c1-9-7-10(3-4-11(9)14)12(8-15)16(2)6-5-13(17)18/h3-4,7,12H,5-6H2,1-2H3,(H,17,18). The van der Waals surface area contributed by atoms with Crippen molar-refractivity contribution in [1.82, 2.24) is 4.90 Å². The molecule has 1 rings (SSSR count). The average Bonchev–Trinajstić information content (AvgIpc) is 2.32. The molecule has 0 saturated heterocycles. The van der Waals surface area contributed by atoms with E-state index in [2.05, 4.69) is 6.07 Å². The molecule has 1 aromatic rings. The van der Waals surface area contributed by atoms with Crippen molar-refractivity contribution in [2.75, 3.05) is 13.6 Å². The van der Waals surface area contributed by atoms with E-state index in [0.717, 1.165) is 0 Å². The van der Waals surface area contributed by atoms with Crippen LogP contribution in [0.5, 0.6) is 0 Å². The van der Waals surface area contributed by atoms with Crippen LogP contribution in [0.3, 0.4) is 0 Å². The molecule has 96 valence electrons. The van der Waals surface area contributed by atoms with E-state index >= 15 is 0 Å². The van der Waals surface area contributed by atoms with Crippen LogP contribution in [0.4, 0.5) is 4.39 Å². The van der Waals surface area contributed by atoms with Crippen LogP contribution in [0.1, 0.15) is 23.6 Å². The first-order valence-corrected chi connectivity index (χ1v) is 5.53. The molecule has 18 heavy (non-hydrogen) atoms. The molecule has 0 heterocycles. The zero-order chi connectivity index (χ0) is 13.7. The minimum absolute atomic E-state index is 0.0329. The quantitative estimate of drug-likeness (QED) is 0.869. The van der Waals surface area contributed by atoms with Crippen molar-refractivity contribution in [3.05, 3.63) is 35.1 Å². The Labute approximate surface area is 105 Å². The number of aryl methyl sites for hydroxylation is 1. The topological polar surface area (TPSA) is 64.3 Å². The number of carboxylic acids is 1. The van der Waals surface area contributed by atoms with Crippen molar-refractivity contribution in [2.45, 2.75) is 19.4 Å². The Kier molecular flexibility index (Phi) is 4.81. The van der Waals surface area contributed by atoms with Crippen molar-refractivity contribution >= 4 is 5.97 Å². The molecule has 1 N–H and O–H groups in total. The van der Waals surface area contributed by atoms with Gasteiger partial charge in [-0.25, -0.2) is 4.39 Å². The number of hydrogen-bond acceptors (Lipinski definition) is 3. The third-order valence-electron chi connectivity index (χ3n) is 2.74. The predicted octanol–water partition coefficient (Wildman–Crippen LogP) is 2.11. The number of halogens is 1. The summed E-state index contributed by atoms with van der Waals surface area (Å²) in [6.07, 6.45) is -0.0329. The Bertz CT molecular complexity index is 482. The second-order valence-electron chi connectivity index (χ2n) is 4.16. The van der Waals surface area contributed by atoms with Gasteiger partial charge in [-0.15, -0.1) is 0 Å². The van der Waals surface area contributed by atoms with E-state index in [1.165, 1.54) is 6.07 Å². The van der Waals surface area contributed by atoms with Crippen LogP contribution >= 0.6 is 0 Å². The van der Waals surface area contributed by atoms with Crippen molar-refractivity contribution < 1.29 is 14.3 Å². The predicted molar refractivity (Wildman–Crippen MR) is 64.4 cm³/mol. The number of benzene rings is 1. The summed E-state index contributed by atoms with van der Waals surface area (Å²) in [5.74, 6) is -1.22. The van der Waals surface area contributed by atoms with Gasteiger partial charge < -0.3 is 5.11 Å².